The largest absolute Gasteiger partial charge is 0.192 e. The predicted molar refractivity (Wildman–Crippen MR) is 78.8 cm³/mol. The normalized spacial score (nSPS) is 10.7. The van der Waals surface area contributed by atoms with Gasteiger partial charge in [-0.15, -0.1) is 5.92 Å². The molecule has 0 heterocycles. The molecule has 1 nitrogen and oxygen atoms in total. The summed E-state index contributed by atoms with van der Waals surface area (Å²) < 4.78 is 0. The van der Waals surface area contributed by atoms with Gasteiger partial charge in [0, 0.05) is 0 Å². The molecule has 0 aliphatic rings. The van der Waals surface area contributed by atoms with Crippen LogP contribution in [0, 0.1) is 23.2 Å². The highest BCUT2D eigenvalue weighted by Crippen LogP contribution is 2.25. The number of nitriles is 1. The van der Waals surface area contributed by atoms with E-state index in [1.54, 1.807) is 6.92 Å². The molecule has 90 valence electrons. The summed E-state index contributed by atoms with van der Waals surface area (Å²) in [6.07, 6.45) is 0. The van der Waals surface area contributed by atoms with Gasteiger partial charge in [0.05, 0.1) is 11.1 Å². The van der Waals surface area contributed by atoms with Gasteiger partial charge in [-0.05, 0) is 18.1 Å². The van der Waals surface area contributed by atoms with Crippen LogP contribution in [-0.2, 0) is 0 Å². The molecule has 0 saturated carbocycles. The average molecular weight is 243 g/mol. The van der Waals surface area contributed by atoms with Crippen molar-refractivity contribution in [2.45, 2.75) is 6.92 Å². The maximum Gasteiger partial charge on any atom is 0.101 e. The molecule has 0 aromatic heterocycles. The lowest BCUT2D eigenvalue weighted by Crippen LogP contribution is -1.89. The van der Waals surface area contributed by atoms with Crippen LogP contribution in [0.3, 0.4) is 0 Å². The van der Waals surface area contributed by atoms with Gasteiger partial charge in [0.2, 0.25) is 0 Å². The number of nitrogens with zero attached hydrogens (tertiary/aromatic N) is 1. The Hall–Kier alpha value is -2.77. The van der Waals surface area contributed by atoms with Gasteiger partial charge < -0.3 is 0 Å². The zero-order chi connectivity index (χ0) is 13.5. The van der Waals surface area contributed by atoms with E-state index in [4.69, 9.17) is 0 Å². The first kappa shape index (κ1) is 12.7. The number of allylic oxidation sites excluding steroid dienone is 2. The highest BCUT2D eigenvalue weighted by atomic mass is 14.3. The van der Waals surface area contributed by atoms with Crippen molar-refractivity contribution >= 4 is 11.1 Å². The summed E-state index contributed by atoms with van der Waals surface area (Å²) in [5.41, 5.74) is 3.25. The van der Waals surface area contributed by atoms with Crippen LogP contribution in [0.4, 0.5) is 0 Å². The molecule has 0 N–H and O–H groups in total. The lowest BCUT2D eigenvalue weighted by Gasteiger charge is -2.05. The van der Waals surface area contributed by atoms with E-state index in [2.05, 4.69) is 17.9 Å². The monoisotopic (exact) mass is 243 g/mol. The Morgan fingerprint density at radius 3 is 1.68 bits per heavy atom. The van der Waals surface area contributed by atoms with E-state index < -0.39 is 0 Å². The molecule has 0 spiro atoms. The smallest absolute Gasteiger partial charge is 0.101 e. The van der Waals surface area contributed by atoms with Crippen molar-refractivity contribution in [2.24, 2.45) is 0 Å². The molecule has 0 aliphatic carbocycles. The fourth-order valence-corrected chi connectivity index (χ4v) is 1.88. The first-order chi connectivity index (χ1) is 9.36. The summed E-state index contributed by atoms with van der Waals surface area (Å²) in [5.74, 6) is 5.95. The van der Waals surface area contributed by atoms with E-state index in [1.165, 1.54) is 0 Å². The molecule has 1 heteroatoms. The Bertz CT molecular complexity index is 677. The lowest BCUT2D eigenvalue weighted by atomic mass is 9.96. The molecule has 0 bridgehead atoms. The molecule has 0 atom stereocenters. The van der Waals surface area contributed by atoms with E-state index in [9.17, 15) is 5.26 Å². The third-order valence-corrected chi connectivity index (χ3v) is 2.74. The fraction of sp³-hybridized carbons (Fsp3) is 0.0556. The molecule has 2 aromatic carbocycles. The molecule has 2 rings (SSSR count). The van der Waals surface area contributed by atoms with E-state index in [0.29, 0.717) is 5.57 Å². The molecule has 2 aromatic rings. The van der Waals surface area contributed by atoms with Gasteiger partial charge in [-0.2, -0.15) is 5.26 Å². The lowest BCUT2D eigenvalue weighted by molar-refractivity contribution is 1.52. The highest BCUT2D eigenvalue weighted by Gasteiger charge is 2.08. The summed E-state index contributed by atoms with van der Waals surface area (Å²) in [5, 5.41) is 9.46. The molecule has 0 amide bonds. The number of hydrogen-bond acceptors (Lipinski definition) is 1. The van der Waals surface area contributed by atoms with Crippen molar-refractivity contribution in [1.29, 1.82) is 5.26 Å². The second-order valence-electron chi connectivity index (χ2n) is 3.97. The standard InChI is InChI=1S/C18H13N/c1-2-9-17(15-10-5-3-6-11-15)18(14-19)16-12-7-4-8-13-16/h3-8,10-13H,1H3/b18-17-. The van der Waals surface area contributed by atoms with Crippen molar-refractivity contribution in [3.8, 4) is 17.9 Å². The van der Waals surface area contributed by atoms with Crippen LogP contribution in [-0.4, -0.2) is 0 Å². The van der Waals surface area contributed by atoms with Gasteiger partial charge in [-0.1, -0.05) is 66.6 Å². The van der Waals surface area contributed by atoms with Crippen LogP contribution in [0.2, 0.25) is 0 Å². The summed E-state index contributed by atoms with van der Waals surface area (Å²) >= 11 is 0. The maximum atomic E-state index is 9.46. The van der Waals surface area contributed by atoms with Gasteiger partial charge >= 0.3 is 0 Å². The molecule has 0 aliphatic heterocycles. The van der Waals surface area contributed by atoms with E-state index in [-0.39, 0.29) is 0 Å². The first-order valence-electron chi connectivity index (χ1n) is 6.04. The van der Waals surface area contributed by atoms with E-state index in [1.807, 2.05) is 60.7 Å². The van der Waals surface area contributed by atoms with Crippen LogP contribution in [0.15, 0.2) is 60.7 Å². The quantitative estimate of drug-likeness (QED) is 0.441. The number of benzene rings is 2. The van der Waals surface area contributed by atoms with E-state index in [0.717, 1.165) is 16.7 Å². The molecular formula is C18H13N. The highest BCUT2D eigenvalue weighted by molar-refractivity contribution is 6.03. The summed E-state index contributed by atoms with van der Waals surface area (Å²) in [6, 6.07) is 21.7. The minimum absolute atomic E-state index is 0.612. The third-order valence-electron chi connectivity index (χ3n) is 2.74. The SMILES string of the molecule is CC#C/C(=C(\C#N)c1ccccc1)c1ccccc1. The van der Waals surface area contributed by atoms with Gasteiger partial charge in [-0.3, -0.25) is 0 Å². The minimum atomic E-state index is 0.612. The van der Waals surface area contributed by atoms with Crippen molar-refractivity contribution in [1.82, 2.24) is 0 Å². The van der Waals surface area contributed by atoms with Crippen LogP contribution in [0.25, 0.3) is 11.1 Å². The maximum absolute atomic E-state index is 9.46. The first-order valence-corrected chi connectivity index (χ1v) is 6.04. The zero-order valence-corrected chi connectivity index (χ0v) is 10.7. The average Bonchev–Trinajstić information content (AvgIpc) is 2.49. The van der Waals surface area contributed by atoms with Gasteiger partial charge in [0.15, 0.2) is 0 Å². The zero-order valence-electron chi connectivity index (χ0n) is 10.7. The Labute approximate surface area is 113 Å². The second kappa shape index (κ2) is 6.24. The van der Waals surface area contributed by atoms with Crippen LogP contribution < -0.4 is 0 Å². The molecule has 0 fully saturated rings. The molecular weight excluding hydrogens is 230 g/mol. The Kier molecular flexibility index (Phi) is 4.17. The van der Waals surface area contributed by atoms with Gasteiger partial charge in [0.1, 0.15) is 6.07 Å². The predicted octanol–water partition coefficient (Wildman–Crippen LogP) is 4.14. The van der Waals surface area contributed by atoms with Gasteiger partial charge in [0.25, 0.3) is 0 Å². The summed E-state index contributed by atoms with van der Waals surface area (Å²) in [7, 11) is 0. The van der Waals surface area contributed by atoms with Crippen molar-refractivity contribution in [3.05, 3.63) is 71.8 Å². The van der Waals surface area contributed by atoms with E-state index >= 15 is 0 Å². The number of rotatable bonds is 2. The summed E-state index contributed by atoms with van der Waals surface area (Å²) in [6.45, 7) is 1.78. The third kappa shape index (κ3) is 2.92. The Balaban J connectivity index is 2.67. The molecule has 0 saturated heterocycles. The fourth-order valence-electron chi connectivity index (χ4n) is 1.88. The summed E-state index contributed by atoms with van der Waals surface area (Å²) in [4.78, 5) is 0. The Morgan fingerprint density at radius 1 is 0.789 bits per heavy atom. The Morgan fingerprint density at radius 2 is 1.26 bits per heavy atom. The number of hydrogen-bond donors (Lipinski definition) is 0. The van der Waals surface area contributed by atoms with Crippen molar-refractivity contribution < 1.29 is 0 Å². The molecule has 0 unspecified atom stereocenters. The minimum Gasteiger partial charge on any atom is -0.192 e. The van der Waals surface area contributed by atoms with Crippen molar-refractivity contribution in [2.75, 3.05) is 0 Å². The van der Waals surface area contributed by atoms with Crippen LogP contribution in [0.5, 0.6) is 0 Å². The van der Waals surface area contributed by atoms with Crippen molar-refractivity contribution in [3.63, 3.8) is 0 Å². The van der Waals surface area contributed by atoms with Gasteiger partial charge in [-0.25, -0.2) is 0 Å². The molecule has 19 heavy (non-hydrogen) atoms. The molecule has 0 radical (unpaired) electrons. The van der Waals surface area contributed by atoms with Crippen LogP contribution >= 0.6 is 0 Å². The van der Waals surface area contributed by atoms with Crippen LogP contribution in [0.1, 0.15) is 18.1 Å². The topological polar surface area (TPSA) is 23.8 Å². The second-order valence-corrected chi connectivity index (χ2v) is 3.97.